The van der Waals surface area contributed by atoms with E-state index in [1.54, 1.807) is 41.6 Å². The van der Waals surface area contributed by atoms with E-state index in [1.807, 2.05) is 12.1 Å². The summed E-state index contributed by atoms with van der Waals surface area (Å²) in [6, 6.07) is 11.9. The quantitative estimate of drug-likeness (QED) is 0.500. The molecule has 0 saturated carbocycles. The number of hydrogen-bond acceptors (Lipinski definition) is 5. The molecule has 0 spiro atoms. The summed E-state index contributed by atoms with van der Waals surface area (Å²) in [5, 5.41) is 0. The molecule has 1 fully saturated rings. The van der Waals surface area contributed by atoms with Crippen molar-refractivity contribution in [1.82, 2.24) is 14.9 Å². The van der Waals surface area contributed by atoms with Crippen molar-refractivity contribution in [1.29, 1.82) is 0 Å². The number of amides is 1. The van der Waals surface area contributed by atoms with E-state index in [1.165, 1.54) is 24.4 Å². The van der Waals surface area contributed by atoms with Crippen LogP contribution in [0.5, 0.6) is 11.5 Å². The van der Waals surface area contributed by atoms with Crippen molar-refractivity contribution in [2.75, 3.05) is 31.1 Å². The molecule has 0 bridgehead atoms. The fraction of sp³-hybridized carbons (Fsp3) is 0.174. The van der Waals surface area contributed by atoms with Crippen LogP contribution < -0.4 is 9.64 Å². The van der Waals surface area contributed by atoms with E-state index in [9.17, 15) is 9.18 Å². The zero-order valence-electron chi connectivity index (χ0n) is 16.6. The van der Waals surface area contributed by atoms with Gasteiger partial charge in [-0.2, -0.15) is 0 Å². The van der Waals surface area contributed by atoms with Gasteiger partial charge in [0.15, 0.2) is 11.6 Å². The third kappa shape index (κ3) is 5.46. The Bertz CT molecular complexity index is 1070. The second-order valence-electron chi connectivity index (χ2n) is 6.96. The lowest BCUT2D eigenvalue weighted by Crippen LogP contribution is -2.48. The molecule has 0 unspecified atom stereocenters. The summed E-state index contributed by atoms with van der Waals surface area (Å²) in [5.41, 5.74) is 0.585. The Labute approximate surface area is 188 Å². The first-order valence-electron chi connectivity index (χ1n) is 9.79. The Balaban J connectivity index is 1.33. The van der Waals surface area contributed by atoms with Crippen LogP contribution in [0.2, 0.25) is 0 Å². The van der Waals surface area contributed by atoms with E-state index >= 15 is 0 Å². The molecular formula is C23H20BrFN4O2. The fourth-order valence-corrected chi connectivity index (χ4v) is 3.46. The monoisotopic (exact) mass is 482 g/mol. The van der Waals surface area contributed by atoms with Crippen molar-refractivity contribution in [3.8, 4) is 11.5 Å². The first-order chi connectivity index (χ1) is 15.1. The number of pyridine rings is 2. The molecule has 1 amide bonds. The highest BCUT2D eigenvalue weighted by molar-refractivity contribution is 9.10. The maximum Gasteiger partial charge on any atom is 0.246 e. The largest absolute Gasteiger partial charge is 0.453 e. The number of carbonyl (C=O) groups excluding carboxylic acids is 1. The molecule has 31 heavy (non-hydrogen) atoms. The van der Waals surface area contributed by atoms with Gasteiger partial charge in [-0.05, 0) is 64.0 Å². The summed E-state index contributed by atoms with van der Waals surface area (Å²) in [5.74, 6) is 0.856. The number of rotatable bonds is 5. The van der Waals surface area contributed by atoms with Gasteiger partial charge >= 0.3 is 0 Å². The van der Waals surface area contributed by atoms with Crippen LogP contribution >= 0.6 is 15.9 Å². The van der Waals surface area contributed by atoms with Gasteiger partial charge in [0.05, 0.1) is 6.20 Å². The van der Waals surface area contributed by atoms with Gasteiger partial charge in [0.1, 0.15) is 11.6 Å². The van der Waals surface area contributed by atoms with Gasteiger partial charge < -0.3 is 14.5 Å². The lowest BCUT2D eigenvalue weighted by molar-refractivity contribution is -0.126. The molecule has 0 aliphatic carbocycles. The van der Waals surface area contributed by atoms with Gasteiger partial charge in [-0.1, -0.05) is 6.07 Å². The number of benzene rings is 1. The van der Waals surface area contributed by atoms with E-state index in [-0.39, 0.29) is 11.7 Å². The molecule has 1 saturated heterocycles. The van der Waals surface area contributed by atoms with Crippen LogP contribution in [0.1, 0.15) is 5.56 Å². The molecule has 0 atom stereocenters. The maximum atomic E-state index is 14.4. The minimum atomic E-state index is -0.505. The second kappa shape index (κ2) is 9.70. The summed E-state index contributed by atoms with van der Waals surface area (Å²) in [7, 11) is 0. The summed E-state index contributed by atoms with van der Waals surface area (Å²) >= 11 is 3.38. The number of aromatic nitrogens is 2. The number of carbonyl (C=O) groups is 1. The minimum absolute atomic E-state index is 0.0977. The van der Waals surface area contributed by atoms with Crippen LogP contribution in [0, 0.1) is 5.82 Å². The highest BCUT2D eigenvalue weighted by Gasteiger charge is 2.20. The third-order valence-corrected chi connectivity index (χ3v) is 5.33. The maximum absolute atomic E-state index is 14.4. The molecule has 158 valence electrons. The minimum Gasteiger partial charge on any atom is -0.453 e. The van der Waals surface area contributed by atoms with Crippen molar-refractivity contribution in [2.24, 2.45) is 0 Å². The second-order valence-corrected chi connectivity index (χ2v) is 7.88. The molecule has 4 rings (SSSR count). The molecule has 0 radical (unpaired) electrons. The van der Waals surface area contributed by atoms with Crippen LogP contribution in [0.3, 0.4) is 0 Å². The summed E-state index contributed by atoms with van der Waals surface area (Å²) in [6.07, 6.45) is 7.98. The molecule has 6 nitrogen and oxygen atoms in total. The number of anilines is 1. The number of halogens is 2. The molecule has 1 aliphatic heterocycles. The Morgan fingerprint density at radius 3 is 2.61 bits per heavy atom. The zero-order chi connectivity index (χ0) is 21.6. The molecule has 3 heterocycles. The SMILES string of the molecule is O=C(/C=C/c1ccc(Oc2cccnc2)c(F)c1)N1CCN(c2ccc(Br)cn2)CC1. The highest BCUT2D eigenvalue weighted by Crippen LogP contribution is 2.25. The number of hydrogen-bond donors (Lipinski definition) is 0. The van der Waals surface area contributed by atoms with Crippen LogP contribution in [0.4, 0.5) is 10.2 Å². The van der Waals surface area contributed by atoms with Crippen LogP contribution in [0.25, 0.3) is 6.08 Å². The van der Waals surface area contributed by atoms with E-state index in [2.05, 4.69) is 30.8 Å². The van der Waals surface area contributed by atoms with E-state index in [0.29, 0.717) is 37.5 Å². The first kappa shape index (κ1) is 21.0. The lowest BCUT2D eigenvalue weighted by Gasteiger charge is -2.34. The predicted octanol–water partition coefficient (Wildman–Crippen LogP) is 4.53. The molecule has 3 aromatic rings. The van der Waals surface area contributed by atoms with Gasteiger partial charge in [-0.15, -0.1) is 0 Å². The standard InChI is InChI=1S/C23H20BrFN4O2/c24-18-5-7-22(27-15-18)28-10-12-29(13-11-28)23(30)8-4-17-3-6-21(20(25)14-17)31-19-2-1-9-26-16-19/h1-9,14-16H,10-13H2/b8-4+. The Morgan fingerprint density at radius 2 is 1.94 bits per heavy atom. The third-order valence-electron chi connectivity index (χ3n) is 4.86. The van der Waals surface area contributed by atoms with Crippen molar-refractivity contribution in [3.63, 3.8) is 0 Å². The van der Waals surface area contributed by atoms with Crippen molar-refractivity contribution >= 4 is 33.7 Å². The topological polar surface area (TPSA) is 58.6 Å². The molecule has 1 aromatic carbocycles. The average molecular weight is 483 g/mol. The molecule has 1 aliphatic rings. The smallest absolute Gasteiger partial charge is 0.246 e. The number of nitrogens with zero attached hydrogens (tertiary/aromatic N) is 4. The van der Waals surface area contributed by atoms with Crippen molar-refractivity contribution in [3.05, 3.63) is 83.0 Å². The highest BCUT2D eigenvalue weighted by atomic mass is 79.9. The Kier molecular flexibility index (Phi) is 6.57. The average Bonchev–Trinajstić information content (AvgIpc) is 2.80. The molecule has 0 N–H and O–H groups in total. The van der Waals surface area contributed by atoms with Crippen LogP contribution in [-0.4, -0.2) is 47.0 Å². The summed E-state index contributed by atoms with van der Waals surface area (Å²) in [6.45, 7) is 2.63. The van der Waals surface area contributed by atoms with E-state index < -0.39 is 5.82 Å². The molecule has 2 aromatic heterocycles. The van der Waals surface area contributed by atoms with Gasteiger partial charge in [0, 0.05) is 49.1 Å². The van der Waals surface area contributed by atoms with Crippen LogP contribution in [0.15, 0.2) is 71.6 Å². The predicted molar refractivity (Wildman–Crippen MR) is 120 cm³/mol. The van der Waals surface area contributed by atoms with Gasteiger partial charge in [-0.3, -0.25) is 9.78 Å². The summed E-state index contributed by atoms with van der Waals surface area (Å²) < 4.78 is 20.8. The number of piperazine rings is 1. The normalized spacial score (nSPS) is 14.1. The van der Waals surface area contributed by atoms with Gasteiger partial charge in [-0.25, -0.2) is 9.37 Å². The van der Waals surface area contributed by atoms with Crippen LogP contribution in [-0.2, 0) is 4.79 Å². The molecular weight excluding hydrogens is 463 g/mol. The Hall–Kier alpha value is -3.26. The molecule has 8 heteroatoms. The lowest BCUT2D eigenvalue weighted by atomic mass is 10.2. The summed E-state index contributed by atoms with van der Waals surface area (Å²) in [4.78, 5) is 24.8. The number of ether oxygens (including phenoxy) is 1. The van der Waals surface area contributed by atoms with E-state index in [0.717, 1.165) is 10.3 Å². The van der Waals surface area contributed by atoms with Crippen molar-refractivity contribution in [2.45, 2.75) is 0 Å². The Morgan fingerprint density at radius 1 is 1.10 bits per heavy atom. The van der Waals surface area contributed by atoms with E-state index in [4.69, 9.17) is 4.74 Å². The van der Waals surface area contributed by atoms with Gasteiger partial charge in [0.2, 0.25) is 5.91 Å². The van der Waals surface area contributed by atoms with Crippen molar-refractivity contribution < 1.29 is 13.9 Å². The van der Waals surface area contributed by atoms with Gasteiger partial charge in [0.25, 0.3) is 0 Å². The zero-order valence-corrected chi connectivity index (χ0v) is 18.2. The fourth-order valence-electron chi connectivity index (χ4n) is 3.22. The first-order valence-corrected chi connectivity index (χ1v) is 10.6.